The van der Waals surface area contributed by atoms with Crippen LogP contribution in [-0.4, -0.2) is 29.2 Å². The predicted molar refractivity (Wildman–Crippen MR) is 73.2 cm³/mol. The van der Waals surface area contributed by atoms with Crippen LogP contribution in [0, 0.1) is 12.8 Å². The molecule has 1 aromatic heterocycles. The van der Waals surface area contributed by atoms with Crippen LogP contribution in [0.25, 0.3) is 0 Å². The second kappa shape index (κ2) is 5.12. The fraction of sp³-hybridized carbons (Fsp3) is 0.714. The topological polar surface area (TPSA) is 38.1 Å². The van der Waals surface area contributed by atoms with E-state index in [2.05, 4.69) is 24.0 Å². The molecule has 0 atom stereocenters. The van der Waals surface area contributed by atoms with Crippen molar-refractivity contribution in [3.05, 3.63) is 11.3 Å². The summed E-state index contributed by atoms with van der Waals surface area (Å²) in [5.41, 5.74) is 1.55. The number of carbonyl (C=O) groups excluding carboxylic acids is 1. The lowest BCUT2D eigenvalue weighted by atomic mass is 9.86. The first-order valence-corrected chi connectivity index (χ1v) is 6.76. The third kappa shape index (κ3) is 2.28. The average molecular weight is 249 g/mol. The van der Waals surface area contributed by atoms with Crippen molar-refractivity contribution in [2.24, 2.45) is 13.0 Å². The van der Waals surface area contributed by atoms with Gasteiger partial charge in [-0.15, -0.1) is 0 Å². The lowest BCUT2D eigenvalue weighted by molar-refractivity contribution is 0.112. The lowest BCUT2D eigenvalue weighted by Gasteiger charge is -2.35. The molecule has 1 saturated carbocycles. The minimum absolute atomic E-state index is 0.537. The number of rotatable bonds is 3. The minimum atomic E-state index is 0.537. The van der Waals surface area contributed by atoms with Crippen LogP contribution in [0.1, 0.15) is 48.7 Å². The Balaban J connectivity index is 2.23. The highest BCUT2D eigenvalue weighted by atomic mass is 16.1. The van der Waals surface area contributed by atoms with E-state index in [0.717, 1.165) is 29.3 Å². The van der Waals surface area contributed by atoms with Crippen molar-refractivity contribution in [1.82, 2.24) is 9.78 Å². The van der Waals surface area contributed by atoms with Crippen LogP contribution in [0.3, 0.4) is 0 Å². The molecule has 1 aliphatic carbocycles. The van der Waals surface area contributed by atoms with E-state index in [1.807, 2.05) is 18.7 Å². The summed E-state index contributed by atoms with van der Waals surface area (Å²) in [5, 5.41) is 4.36. The number of hydrogen-bond donors (Lipinski definition) is 0. The summed E-state index contributed by atoms with van der Waals surface area (Å²) in [4.78, 5) is 13.5. The summed E-state index contributed by atoms with van der Waals surface area (Å²) in [6.45, 7) is 4.21. The van der Waals surface area contributed by atoms with Crippen molar-refractivity contribution in [1.29, 1.82) is 0 Å². The first-order valence-electron chi connectivity index (χ1n) is 6.76. The summed E-state index contributed by atoms with van der Waals surface area (Å²) < 4.78 is 1.83. The maximum atomic E-state index is 11.2. The summed E-state index contributed by atoms with van der Waals surface area (Å²) in [5.74, 6) is 1.80. The quantitative estimate of drug-likeness (QED) is 0.773. The van der Waals surface area contributed by atoms with Gasteiger partial charge in [0.2, 0.25) is 0 Å². The van der Waals surface area contributed by atoms with Gasteiger partial charge >= 0.3 is 0 Å². The van der Waals surface area contributed by atoms with Gasteiger partial charge in [-0.05, 0) is 38.5 Å². The molecule has 0 N–H and O–H groups in total. The van der Waals surface area contributed by atoms with Crippen molar-refractivity contribution in [2.45, 2.75) is 45.6 Å². The summed E-state index contributed by atoms with van der Waals surface area (Å²) in [6.07, 6.45) is 5.91. The van der Waals surface area contributed by atoms with E-state index in [4.69, 9.17) is 0 Å². The molecule has 0 bridgehead atoms. The average Bonchev–Trinajstić information content (AvgIpc) is 2.63. The molecule has 0 aliphatic heterocycles. The Morgan fingerprint density at radius 3 is 2.50 bits per heavy atom. The molecular weight excluding hydrogens is 226 g/mol. The normalized spacial score (nSPS) is 24.0. The number of aromatic nitrogens is 2. The van der Waals surface area contributed by atoms with Gasteiger partial charge < -0.3 is 4.90 Å². The zero-order valence-corrected chi connectivity index (χ0v) is 11.8. The van der Waals surface area contributed by atoms with Gasteiger partial charge in [-0.2, -0.15) is 5.10 Å². The smallest absolute Gasteiger partial charge is 0.155 e. The zero-order chi connectivity index (χ0) is 13.3. The number of hydrogen-bond acceptors (Lipinski definition) is 3. The maximum Gasteiger partial charge on any atom is 0.155 e. The maximum absolute atomic E-state index is 11.2. The van der Waals surface area contributed by atoms with Crippen LogP contribution in [0.5, 0.6) is 0 Å². The van der Waals surface area contributed by atoms with Crippen LogP contribution in [-0.2, 0) is 7.05 Å². The molecule has 4 nitrogen and oxygen atoms in total. The van der Waals surface area contributed by atoms with Gasteiger partial charge in [0, 0.05) is 20.1 Å². The van der Waals surface area contributed by atoms with Gasteiger partial charge in [0.1, 0.15) is 5.82 Å². The molecule has 1 heterocycles. The molecule has 1 aromatic rings. The molecule has 100 valence electrons. The number of aldehydes is 1. The van der Waals surface area contributed by atoms with Gasteiger partial charge in [-0.3, -0.25) is 9.48 Å². The van der Waals surface area contributed by atoms with Gasteiger partial charge in [0.05, 0.1) is 11.3 Å². The molecule has 0 saturated heterocycles. The minimum Gasteiger partial charge on any atom is -0.356 e. The van der Waals surface area contributed by atoms with Crippen LogP contribution in [0.2, 0.25) is 0 Å². The van der Waals surface area contributed by atoms with Crippen molar-refractivity contribution in [2.75, 3.05) is 11.9 Å². The Morgan fingerprint density at radius 2 is 1.94 bits per heavy atom. The number of nitrogens with zero attached hydrogens (tertiary/aromatic N) is 3. The molecule has 4 heteroatoms. The Bertz CT molecular complexity index is 430. The molecular formula is C14H23N3O. The van der Waals surface area contributed by atoms with Crippen LogP contribution < -0.4 is 4.90 Å². The van der Waals surface area contributed by atoms with Crippen LogP contribution >= 0.6 is 0 Å². The van der Waals surface area contributed by atoms with Gasteiger partial charge in [0.15, 0.2) is 6.29 Å². The summed E-state index contributed by atoms with van der Waals surface area (Å²) in [6, 6.07) is 0.537. The molecule has 2 rings (SSSR count). The third-order valence-electron chi connectivity index (χ3n) is 4.22. The molecule has 0 amide bonds. The molecule has 1 aliphatic rings. The van der Waals surface area contributed by atoms with E-state index in [9.17, 15) is 4.79 Å². The summed E-state index contributed by atoms with van der Waals surface area (Å²) >= 11 is 0. The van der Waals surface area contributed by atoms with E-state index in [-0.39, 0.29) is 0 Å². The second-order valence-electron chi connectivity index (χ2n) is 5.59. The second-order valence-corrected chi connectivity index (χ2v) is 5.59. The summed E-state index contributed by atoms with van der Waals surface area (Å²) in [7, 11) is 4.00. The SMILES string of the molecule is Cc1nn(C)c(N(C)C2CCC(C)CC2)c1C=O. The first kappa shape index (κ1) is 13.1. The van der Waals surface area contributed by atoms with Gasteiger partial charge in [-0.1, -0.05) is 6.92 Å². The van der Waals surface area contributed by atoms with Gasteiger partial charge in [0.25, 0.3) is 0 Å². The van der Waals surface area contributed by atoms with Crippen molar-refractivity contribution in [3.63, 3.8) is 0 Å². The van der Waals surface area contributed by atoms with Gasteiger partial charge in [-0.25, -0.2) is 0 Å². The molecule has 0 aromatic carbocycles. The first-order chi connectivity index (χ1) is 8.54. The van der Waals surface area contributed by atoms with Crippen molar-refractivity contribution >= 4 is 12.1 Å². The Hall–Kier alpha value is -1.32. The van der Waals surface area contributed by atoms with E-state index in [1.165, 1.54) is 25.7 Å². The Morgan fingerprint density at radius 1 is 1.33 bits per heavy atom. The van der Waals surface area contributed by atoms with Crippen molar-refractivity contribution < 1.29 is 4.79 Å². The monoisotopic (exact) mass is 249 g/mol. The van der Waals surface area contributed by atoms with E-state index < -0.39 is 0 Å². The highest BCUT2D eigenvalue weighted by molar-refractivity contribution is 5.84. The number of anilines is 1. The van der Waals surface area contributed by atoms with Crippen molar-refractivity contribution in [3.8, 4) is 0 Å². The Labute approximate surface area is 109 Å². The fourth-order valence-electron chi connectivity index (χ4n) is 3.02. The standard InChI is InChI=1S/C14H23N3O/c1-10-5-7-12(8-6-10)16(3)14-13(9-18)11(2)15-17(14)4/h9-10,12H,5-8H2,1-4H3. The Kier molecular flexibility index (Phi) is 3.73. The van der Waals surface area contributed by atoms with E-state index in [0.29, 0.717) is 6.04 Å². The largest absolute Gasteiger partial charge is 0.356 e. The lowest BCUT2D eigenvalue weighted by Crippen LogP contribution is -2.36. The van der Waals surface area contributed by atoms with E-state index in [1.54, 1.807) is 0 Å². The highest BCUT2D eigenvalue weighted by Crippen LogP contribution is 2.31. The predicted octanol–water partition coefficient (Wildman–Crippen LogP) is 2.56. The molecule has 18 heavy (non-hydrogen) atoms. The van der Waals surface area contributed by atoms with Crippen LogP contribution in [0.15, 0.2) is 0 Å². The highest BCUT2D eigenvalue weighted by Gasteiger charge is 2.26. The number of carbonyl (C=O) groups is 1. The van der Waals surface area contributed by atoms with Crippen LogP contribution in [0.4, 0.5) is 5.82 Å². The third-order valence-corrected chi connectivity index (χ3v) is 4.22. The molecule has 0 radical (unpaired) electrons. The molecule has 0 unspecified atom stereocenters. The number of aryl methyl sites for hydroxylation is 2. The zero-order valence-electron chi connectivity index (χ0n) is 11.8. The van der Waals surface area contributed by atoms with E-state index >= 15 is 0 Å². The fourth-order valence-corrected chi connectivity index (χ4v) is 3.02. The molecule has 1 fully saturated rings. The molecule has 0 spiro atoms.